The van der Waals surface area contributed by atoms with Crippen LogP contribution in [0.15, 0.2) is 237 Å². The van der Waals surface area contributed by atoms with Crippen molar-refractivity contribution in [2.45, 2.75) is 0 Å². The maximum Gasteiger partial charge on any atom is 0.0546 e. The lowest BCUT2D eigenvalue weighted by Gasteiger charge is -2.30. The van der Waals surface area contributed by atoms with Crippen LogP contribution in [0.4, 0.5) is 17.1 Å². The molecule has 0 aliphatic rings. The van der Waals surface area contributed by atoms with Crippen LogP contribution in [0.3, 0.4) is 0 Å². The lowest BCUT2D eigenvalue weighted by molar-refractivity contribution is 1.28. The molecule has 0 amide bonds. The van der Waals surface area contributed by atoms with Gasteiger partial charge in [0.15, 0.2) is 0 Å². The van der Waals surface area contributed by atoms with Crippen molar-refractivity contribution in [3.05, 3.63) is 237 Å². The lowest BCUT2D eigenvalue weighted by atomic mass is 9.94. The van der Waals surface area contributed by atoms with Crippen molar-refractivity contribution in [2.24, 2.45) is 0 Å². The Morgan fingerprint density at radius 1 is 0.283 bits per heavy atom. The molecule has 0 radical (unpaired) electrons. The van der Waals surface area contributed by atoms with Crippen molar-refractivity contribution < 1.29 is 0 Å². The minimum absolute atomic E-state index is 1.09. The van der Waals surface area contributed by atoms with Crippen LogP contribution in [0.25, 0.3) is 86.6 Å². The van der Waals surface area contributed by atoms with E-state index < -0.39 is 0 Å². The van der Waals surface area contributed by atoms with Gasteiger partial charge < -0.3 is 4.90 Å². The summed E-state index contributed by atoms with van der Waals surface area (Å²) in [4.78, 5) is 2.48. The van der Waals surface area contributed by atoms with E-state index in [0.717, 1.165) is 22.6 Å². The minimum atomic E-state index is 1.09. The summed E-state index contributed by atoms with van der Waals surface area (Å²) in [5.41, 5.74) is 15.2. The van der Waals surface area contributed by atoms with E-state index >= 15 is 0 Å². The van der Waals surface area contributed by atoms with Crippen LogP contribution >= 0.6 is 11.3 Å². The van der Waals surface area contributed by atoms with Gasteiger partial charge in [-0.2, -0.15) is 0 Å². The van der Waals surface area contributed by atoms with Crippen molar-refractivity contribution in [3.8, 4) is 55.6 Å². The number of hydrogen-bond acceptors (Lipinski definition) is 2. The molecule has 0 N–H and O–H groups in total. The maximum absolute atomic E-state index is 2.48. The van der Waals surface area contributed by atoms with Crippen LogP contribution in [-0.2, 0) is 0 Å². The molecule has 11 aromatic rings. The van der Waals surface area contributed by atoms with E-state index in [2.05, 4.69) is 241 Å². The Kier molecular flexibility index (Phi) is 9.11. The van der Waals surface area contributed by atoms with Crippen LogP contribution < -0.4 is 4.90 Å². The fraction of sp³-hybridized carbons (Fsp3) is 0. The second-order valence-corrected chi connectivity index (χ2v) is 16.3. The molecule has 0 unspecified atom stereocenters. The van der Waals surface area contributed by atoms with Crippen molar-refractivity contribution >= 4 is 59.3 Å². The zero-order chi connectivity index (χ0) is 39.8. The number of rotatable bonds is 8. The van der Waals surface area contributed by atoms with Gasteiger partial charge in [0, 0.05) is 42.6 Å². The Bertz CT molecular complexity index is 3290. The summed E-state index contributed by atoms with van der Waals surface area (Å²) in [6.07, 6.45) is 0. The van der Waals surface area contributed by atoms with E-state index in [0.29, 0.717) is 0 Å². The molecule has 1 aromatic heterocycles. The third-order valence-electron chi connectivity index (χ3n) is 11.7. The first-order valence-electron chi connectivity index (χ1n) is 20.5. The van der Waals surface area contributed by atoms with Gasteiger partial charge in [-0.25, -0.2) is 0 Å². The largest absolute Gasteiger partial charge is 0.309 e. The van der Waals surface area contributed by atoms with Gasteiger partial charge in [0.05, 0.1) is 11.4 Å². The topological polar surface area (TPSA) is 3.24 Å². The van der Waals surface area contributed by atoms with Crippen LogP contribution in [-0.4, -0.2) is 0 Å². The van der Waals surface area contributed by atoms with Gasteiger partial charge in [-0.3, -0.25) is 0 Å². The average Bonchev–Trinajstić information content (AvgIpc) is 3.72. The normalized spacial score (nSPS) is 11.3. The molecular weight excluding hydrogens is 743 g/mol. The second kappa shape index (κ2) is 15.3. The first-order valence-corrected chi connectivity index (χ1v) is 21.3. The highest BCUT2D eigenvalue weighted by Crippen LogP contribution is 2.49. The highest BCUT2D eigenvalue weighted by Gasteiger charge is 2.23. The molecule has 2 heteroatoms. The van der Waals surface area contributed by atoms with Gasteiger partial charge in [0.2, 0.25) is 0 Å². The van der Waals surface area contributed by atoms with Crippen LogP contribution in [0.1, 0.15) is 0 Å². The van der Waals surface area contributed by atoms with E-state index in [1.54, 1.807) is 0 Å². The van der Waals surface area contributed by atoms with Crippen LogP contribution in [0, 0.1) is 0 Å². The molecule has 0 aliphatic heterocycles. The third kappa shape index (κ3) is 6.54. The number of thiophene rings is 1. The molecule has 0 bridgehead atoms. The first-order chi connectivity index (χ1) is 29.7. The fourth-order valence-electron chi connectivity index (χ4n) is 8.68. The Morgan fingerprint density at radius 2 is 0.817 bits per heavy atom. The molecule has 282 valence electrons. The van der Waals surface area contributed by atoms with Gasteiger partial charge in [-0.15, -0.1) is 11.3 Å². The fourth-order valence-corrected chi connectivity index (χ4v) is 9.91. The Balaban J connectivity index is 1.12. The number of para-hydroxylation sites is 1. The second-order valence-electron chi connectivity index (χ2n) is 15.3. The van der Waals surface area contributed by atoms with E-state index in [-0.39, 0.29) is 0 Å². The number of hydrogen-bond donors (Lipinski definition) is 0. The molecule has 0 saturated heterocycles. The molecular formula is C58H39NS. The predicted molar refractivity (Wildman–Crippen MR) is 259 cm³/mol. The molecule has 0 fully saturated rings. The van der Waals surface area contributed by atoms with Crippen molar-refractivity contribution in [3.63, 3.8) is 0 Å². The summed E-state index contributed by atoms with van der Waals surface area (Å²) in [6.45, 7) is 0. The van der Waals surface area contributed by atoms with Crippen molar-refractivity contribution in [1.82, 2.24) is 0 Å². The van der Waals surface area contributed by atoms with E-state index in [1.807, 2.05) is 11.3 Å². The molecule has 0 saturated carbocycles. The molecule has 1 nitrogen and oxygen atoms in total. The summed E-state index contributed by atoms with van der Waals surface area (Å²) in [5.74, 6) is 0. The summed E-state index contributed by atoms with van der Waals surface area (Å²) in [7, 11) is 0. The zero-order valence-electron chi connectivity index (χ0n) is 32.9. The average molecular weight is 782 g/mol. The van der Waals surface area contributed by atoms with Gasteiger partial charge in [-0.05, 0) is 86.1 Å². The minimum Gasteiger partial charge on any atom is -0.309 e. The van der Waals surface area contributed by atoms with E-state index in [4.69, 9.17) is 0 Å². The SMILES string of the molecule is c1ccc(-c2ccc(-c3ccc(N(c4cc(-c5ccc6ccccc6c5)ccc4-c4ccccc4)c4ccccc4-c4cccc5c4sc4ccccc45)cc3)cc2)cc1. The molecule has 0 aliphatic carbocycles. The summed E-state index contributed by atoms with van der Waals surface area (Å²) in [5, 5.41) is 5.06. The van der Waals surface area contributed by atoms with Crippen molar-refractivity contribution in [2.75, 3.05) is 4.90 Å². The number of nitrogens with zero attached hydrogens (tertiary/aromatic N) is 1. The van der Waals surface area contributed by atoms with Gasteiger partial charge in [0.1, 0.15) is 0 Å². The number of fused-ring (bicyclic) bond motifs is 4. The molecule has 0 atom stereocenters. The summed E-state index contributed by atoms with van der Waals surface area (Å²) in [6, 6.07) is 86.3. The van der Waals surface area contributed by atoms with Gasteiger partial charge in [-0.1, -0.05) is 200 Å². The van der Waals surface area contributed by atoms with Crippen LogP contribution in [0.5, 0.6) is 0 Å². The summed E-state index contributed by atoms with van der Waals surface area (Å²) >= 11 is 1.88. The van der Waals surface area contributed by atoms with Gasteiger partial charge in [0.25, 0.3) is 0 Å². The quantitative estimate of drug-likeness (QED) is 0.148. The van der Waals surface area contributed by atoms with Crippen molar-refractivity contribution in [1.29, 1.82) is 0 Å². The smallest absolute Gasteiger partial charge is 0.0546 e. The number of anilines is 3. The monoisotopic (exact) mass is 781 g/mol. The highest BCUT2D eigenvalue weighted by molar-refractivity contribution is 7.26. The van der Waals surface area contributed by atoms with E-state index in [1.165, 1.54) is 81.0 Å². The molecule has 0 spiro atoms. The Labute approximate surface area is 354 Å². The van der Waals surface area contributed by atoms with E-state index in [9.17, 15) is 0 Å². The Hall–Kier alpha value is -7.52. The Morgan fingerprint density at radius 3 is 1.58 bits per heavy atom. The highest BCUT2D eigenvalue weighted by atomic mass is 32.1. The standard InChI is InChI=1S/C58H39NS/c1-3-14-40(15-4-1)42-26-28-43(29-27-42)44-32-35-49(36-33-44)59(55-24-11-9-20-51(55)53-22-13-23-54-52-21-10-12-25-57(52)60-58(53)54)56-39-48(34-37-50(56)45-17-5-2-6-18-45)47-31-30-41-16-7-8-19-46(41)38-47/h1-39H. The molecule has 10 aromatic carbocycles. The lowest BCUT2D eigenvalue weighted by Crippen LogP contribution is -2.12. The predicted octanol–water partition coefficient (Wildman–Crippen LogP) is 17.0. The first kappa shape index (κ1) is 35.6. The summed E-state index contributed by atoms with van der Waals surface area (Å²) < 4.78 is 2.60. The number of benzene rings is 10. The zero-order valence-corrected chi connectivity index (χ0v) is 33.7. The van der Waals surface area contributed by atoms with Crippen LogP contribution in [0.2, 0.25) is 0 Å². The maximum atomic E-state index is 2.48. The molecule has 1 heterocycles. The molecule has 60 heavy (non-hydrogen) atoms. The third-order valence-corrected chi connectivity index (χ3v) is 12.9. The van der Waals surface area contributed by atoms with Gasteiger partial charge >= 0.3 is 0 Å². The molecule has 11 rings (SSSR count).